The van der Waals surface area contributed by atoms with Crippen LogP contribution in [0.2, 0.25) is 0 Å². The smallest absolute Gasteiger partial charge is 0.388 e. The van der Waals surface area contributed by atoms with Gasteiger partial charge in [0, 0.05) is 7.05 Å². The summed E-state index contributed by atoms with van der Waals surface area (Å²) in [6, 6.07) is 1.99. The molecule has 0 aliphatic heterocycles. The molecule has 0 saturated carbocycles. The van der Waals surface area contributed by atoms with Crippen LogP contribution >= 0.6 is 0 Å². The fourth-order valence-electron chi connectivity index (χ4n) is 1.78. The largest absolute Gasteiger partial charge is 0.417 e. The number of hydrogen-bond acceptors (Lipinski definition) is 4. The third-order valence-corrected chi connectivity index (χ3v) is 2.73. The van der Waals surface area contributed by atoms with E-state index in [1.54, 1.807) is 13.8 Å². The molecule has 2 aromatic rings. The Kier molecular flexibility index (Phi) is 3.21. The number of nitriles is 1. The number of rotatable bonds is 3. The second-order valence-electron chi connectivity index (χ2n) is 3.92. The SMILES string of the molecule is Cc1c(-n2ncc(C#N)c2C)nn(C)c1OC(F)F. The number of aryl methyl sites for hydroxylation is 1. The molecule has 8 heteroatoms. The molecule has 0 N–H and O–H groups in total. The maximum Gasteiger partial charge on any atom is 0.388 e. The highest BCUT2D eigenvalue weighted by Gasteiger charge is 2.20. The first-order valence-corrected chi connectivity index (χ1v) is 5.39. The summed E-state index contributed by atoms with van der Waals surface area (Å²) >= 11 is 0. The van der Waals surface area contributed by atoms with Gasteiger partial charge in [0.05, 0.1) is 23.0 Å². The second-order valence-corrected chi connectivity index (χ2v) is 3.92. The van der Waals surface area contributed by atoms with Crippen LogP contribution in [0.15, 0.2) is 6.20 Å². The van der Waals surface area contributed by atoms with Crippen molar-refractivity contribution in [3.05, 3.63) is 23.0 Å². The molecule has 0 amide bonds. The van der Waals surface area contributed by atoms with Gasteiger partial charge in [-0.1, -0.05) is 0 Å². The lowest BCUT2D eigenvalue weighted by Gasteiger charge is -2.04. The van der Waals surface area contributed by atoms with Crippen molar-refractivity contribution in [2.75, 3.05) is 0 Å². The fraction of sp³-hybridized carbons (Fsp3) is 0.364. The Bertz CT molecular complexity index is 653. The summed E-state index contributed by atoms with van der Waals surface area (Å²) in [5, 5.41) is 17.0. The predicted octanol–water partition coefficient (Wildman–Crippen LogP) is 1.70. The lowest BCUT2D eigenvalue weighted by atomic mass is 10.3. The summed E-state index contributed by atoms with van der Waals surface area (Å²) < 4.78 is 31.6. The molecule has 0 radical (unpaired) electrons. The molecule has 0 spiro atoms. The molecule has 0 aliphatic rings. The zero-order valence-electron chi connectivity index (χ0n) is 10.6. The van der Waals surface area contributed by atoms with E-state index in [2.05, 4.69) is 14.9 Å². The fourth-order valence-corrected chi connectivity index (χ4v) is 1.78. The van der Waals surface area contributed by atoms with Crippen molar-refractivity contribution < 1.29 is 13.5 Å². The van der Waals surface area contributed by atoms with Gasteiger partial charge in [0.25, 0.3) is 0 Å². The normalized spacial score (nSPS) is 10.8. The van der Waals surface area contributed by atoms with E-state index in [1.165, 1.54) is 22.6 Å². The molecule has 0 fully saturated rings. The monoisotopic (exact) mass is 267 g/mol. The Balaban J connectivity index is 2.52. The highest BCUT2D eigenvalue weighted by molar-refractivity contribution is 5.43. The first-order valence-electron chi connectivity index (χ1n) is 5.39. The van der Waals surface area contributed by atoms with Crippen molar-refractivity contribution in [3.63, 3.8) is 0 Å². The highest BCUT2D eigenvalue weighted by Crippen LogP contribution is 2.26. The maximum absolute atomic E-state index is 12.3. The number of nitrogens with zero attached hydrogens (tertiary/aromatic N) is 5. The Morgan fingerprint density at radius 3 is 2.63 bits per heavy atom. The van der Waals surface area contributed by atoms with Crippen LogP contribution in [0.3, 0.4) is 0 Å². The van der Waals surface area contributed by atoms with Crippen LogP contribution in [-0.2, 0) is 7.05 Å². The van der Waals surface area contributed by atoms with Crippen molar-refractivity contribution in [1.82, 2.24) is 19.6 Å². The lowest BCUT2D eigenvalue weighted by molar-refractivity contribution is -0.0557. The third kappa shape index (κ3) is 2.14. The minimum absolute atomic E-state index is 0.0293. The molecule has 2 rings (SSSR count). The number of aromatic nitrogens is 4. The minimum atomic E-state index is -2.92. The molecule has 0 saturated heterocycles. The molecule has 0 bridgehead atoms. The Hall–Kier alpha value is -2.43. The number of hydrogen-bond donors (Lipinski definition) is 0. The molecular weight excluding hydrogens is 256 g/mol. The maximum atomic E-state index is 12.3. The third-order valence-electron chi connectivity index (χ3n) is 2.73. The summed E-state index contributed by atoms with van der Waals surface area (Å²) in [5.41, 5.74) is 1.42. The van der Waals surface area contributed by atoms with Crippen molar-refractivity contribution >= 4 is 0 Å². The molecule has 0 unspecified atom stereocenters. The lowest BCUT2D eigenvalue weighted by Crippen LogP contribution is -2.06. The molecule has 2 heterocycles. The minimum Gasteiger partial charge on any atom is -0.417 e. The van der Waals surface area contributed by atoms with Gasteiger partial charge in [0.1, 0.15) is 6.07 Å². The van der Waals surface area contributed by atoms with Gasteiger partial charge in [-0.2, -0.15) is 19.1 Å². The molecule has 100 valence electrons. The summed E-state index contributed by atoms with van der Waals surface area (Å²) in [5.74, 6) is 0.329. The first kappa shape index (κ1) is 13.0. The van der Waals surface area contributed by atoms with Crippen molar-refractivity contribution in [2.45, 2.75) is 20.5 Å². The van der Waals surface area contributed by atoms with E-state index >= 15 is 0 Å². The van der Waals surface area contributed by atoms with Crippen molar-refractivity contribution in [1.29, 1.82) is 5.26 Å². The van der Waals surface area contributed by atoms with Crippen molar-refractivity contribution in [2.24, 2.45) is 7.05 Å². The molecule has 0 aromatic carbocycles. The Morgan fingerprint density at radius 1 is 1.42 bits per heavy atom. The Labute approximate surface area is 107 Å². The summed E-state index contributed by atoms with van der Waals surface area (Å²) in [6.07, 6.45) is 1.40. The first-order chi connectivity index (χ1) is 8.95. The van der Waals surface area contributed by atoms with Gasteiger partial charge >= 0.3 is 6.61 Å². The van der Waals surface area contributed by atoms with Gasteiger partial charge in [-0.05, 0) is 13.8 Å². The van der Waals surface area contributed by atoms with Crippen LogP contribution in [0.25, 0.3) is 5.82 Å². The number of alkyl halides is 2. The molecule has 0 aliphatic carbocycles. The average Bonchev–Trinajstić information content (AvgIpc) is 2.83. The highest BCUT2D eigenvalue weighted by atomic mass is 19.3. The summed E-state index contributed by atoms with van der Waals surface area (Å²) in [6.45, 7) is 0.385. The Morgan fingerprint density at radius 2 is 2.11 bits per heavy atom. The van der Waals surface area contributed by atoms with Crippen LogP contribution in [0.4, 0.5) is 8.78 Å². The summed E-state index contributed by atoms with van der Waals surface area (Å²) in [7, 11) is 1.50. The quantitative estimate of drug-likeness (QED) is 0.848. The molecule has 19 heavy (non-hydrogen) atoms. The van der Waals surface area contributed by atoms with Crippen LogP contribution in [0.1, 0.15) is 16.8 Å². The van der Waals surface area contributed by atoms with Gasteiger partial charge in [0.2, 0.25) is 5.88 Å². The van der Waals surface area contributed by atoms with E-state index in [1.807, 2.05) is 6.07 Å². The zero-order valence-corrected chi connectivity index (χ0v) is 10.6. The van der Waals surface area contributed by atoms with Gasteiger partial charge < -0.3 is 4.74 Å². The van der Waals surface area contributed by atoms with Crippen molar-refractivity contribution in [3.8, 4) is 17.8 Å². The number of halogens is 2. The molecule has 2 aromatic heterocycles. The topological polar surface area (TPSA) is 68.7 Å². The average molecular weight is 267 g/mol. The van der Waals surface area contributed by atoms with Crippen LogP contribution < -0.4 is 4.74 Å². The summed E-state index contributed by atoms with van der Waals surface area (Å²) in [4.78, 5) is 0. The van der Waals surface area contributed by atoms with E-state index in [-0.39, 0.29) is 5.88 Å². The standard InChI is InChI=1S/C11H11F2N5O/c1-6-9(16-17(3)10(6)19-11(12)13)18-7(2)8(4-14)5-15-18/h5,11H,1-3H3. The molecule has 0 atom stereocenters. The second kappa shape index (κ2) is 4.68. The van der Waals surface area contributed by atoms with Gasteiger partial charge in [0.15, 0.2) is 5.82 Å². The molecular formula is C11H11F2N5O. The van der Waals surface area contributed by atoms with E-state index in [0.29, 0.717) is 22.6 Å². The zero-order chi connectivity index (χ0) is 14.2. The van der Waals surface area contributed by atoms with E-state index in [4.69, 9.17) is 5.26 Å². The molecule has 6 nitrogen and oxygen atoms in total. The van der Waals surface area contributed by atoms with Crippen LogP contribution in [-0.4, -0.2) is 26.2 Å². The van der Waals surface area contributed by atoms with Gasteiger partial charge in [-0.3, -0.25) is 0 Å². The van der Waals surface area contributed by atoms with E-state index < -0.39 is 6.61 Å². The van der Waals surface area contributed by atoms with Crippen LogP contribution in [0.5, 0.6) is 5.88 Å². The van der Waals surface area contributed by atoms with Crippen LogP contribution in [0, 0.1) is 25.2 Å². The van der Waals surface area contributed by atoms with E-state index in [9.17, 15) is 8.78 Å². The van der Waals surface area contributed by atoms with Gasteiger partial charge in [-0.15, -0.1) is 5.10 Å². The number of ether oxygens (including phenoxy) is 1. The van der Waals surface area contributed by atoms with E-state index in [0.717, 1.165) is 0 Å². The predicted molar refractivity (Wildman–Crippen MR) is 61.2 cm³/mol. The van der Waals surface area contributed by atoms with Gasteiger partial charge in [-0.25, -0.2) is 9.36 Å².